The minimum absolute atomic E-state index is 0.0371. The maximum atomic E-state index is 13.0. The number of anilines is 1. The van der Waals surface area contributed by atoms with E-state index in [4.69, 9.17) is 4.74 Å². The monoisotopic (exact) mass is 361 g/mol. The Hall–Kier alpha value is -2.70. The quantitative estimate of drug-likeness (QED) is 0.814. The van der Waals surface area contributed by atoms with Gasteiger partial charge in [-0.2, -0.15) is 0 Å². The van der Waals surface area contributed by atoms with Crippen LogP contribution in [0, 0.1) is 5.92 Å². The topological polar surface area (TPSA) is 63.2 Å². The van der Waals surface area contributed by atoms with Crippen LogP contribution < -0.4 is 15.4 Å². The minimum atomic E-state index is -2.52. The van der Waals surface area contributed by atoms with Crippen molar-refractivity contribution in [1.82, 2.24) is 10.3 Å². The summed E-state index contributed by atoms with van der Waals surface area (Å²) in [5, 5.41) is 5.77. The molecule has 138 valence electrons. The molecule has 1 fully saturated rings. The number of hydrogen-bond acceptors (Lipinski definition) is 4. The molecule has 5 nitrogen and oxygen atoms in total. The van der Waals surface area contributed by atoms with Crippen LogP contribution in [-0.4, -0.2) is 29.9 Å². The third-order valence-electron chi connectivity index (χ3n) is 4.48. The molecule has 1 amide bonds. The van der Waals surface area contributed by atoms with E-state index in [9.17, 15) is 13.6 Å². The van der Waals surface area contributed by atoms with Gasteiger partial charge in [-0.1, -0.05) is 6.07 Å². The van der Waals surface area contributed by atoms with Crippen LogP contribution >= 0.6 is 0 Å². The van der Waals surface area contributed by atoms with Gasteiger partial charge < -0.3 is 15.4 Å². The van der Waals surface area contributed by atoms with Crippen LogP contribution in [-0.2, 0) is 0 Å². The number of nitrogens with zero attached hydrogens (tertiary/aromatic N) is 1. The van der Waals surface area contributed by atoms with Crippen LogP contribution in [0.1, 0.15) is 30.3 Å². The van der Waals surface area contributed by atoms with Crippen molar-refractivity contribution in [3.8, 4) is 11.5 Å². The third-order valence-corrected chi connectivity index (χ3v) is 4.48. The van der Waals surface area contributed by atoms with Gasteiger partial charge in [-0.15, -0.1) is 0 Å². The number of carbonyl (C=O) groups is 1. The van der Waals surface area contributed by atoms with Crippen molar-refractivity contribution < 1.29 is 18.3 Å². The second kappa shape index (κ2) is 7.27. The normalized spacial score (nSPS) is 17.1. The first-order valence-corrected chi connectivity index (χ1v) is 8.47. The number of aromatic nitrogens is 1. The number of pyridine rings is 1. The van der Waals surface area contributed by atoms with Crippen molar-refractivity contribution in [3.05, 3.63) is 48.3 Å². The summed E-state index contributed by atoms with van der Waals surface area (Å²) in [7, 11) is 1.53. The van der Waals surface area contributed by atoms with Crippen molar-refractivity contribution in [1.29, 1.82) is 0 Å². The van der Waals surface area contributed by atoms with Crippen molar-refractivity contribution >= 4 is 11.6 Å². The van der Waals surface area contributed by atoms with Gasteiger partial charge in [0.05, 0.1) is 0 Å². The Labute approximate surface area is 150 Å². The average Bonchev–Trinajstić information content (AvgIpc) is 2.59. The smallest absolute Gasteiger partial charge is 0.269 e. The molecule has 0 saturated heterocycles. The summed E-state index contributed by atoms with van der Waals surface area (Å²) in [5.74, 6) is -1.78. The Balaban J connectivity index is 1.65. The van der Waals surface area contributed by atoms with Crippen LogP contribution in [0.15, 0.2) is 42.6 Å². The van der Waals surface area contributed by atoms with Gasteiger partial charge in [0.15, 0.2) is 0 Å². The number of rotatable bonds is 6. The highest BCUT2D eigenvalue weighted by atomic mass is 19.3. The van der Waals surface area contributed by atoms with Crippen LogP contribution in [0.25, 0.3) is 0 Å². The number of benzene rings is 1. The van der Waals surface area contributed by atoms with Crippen LogP contribution in [0.4, 0.5) is 14.5 Å². The van der Waals surface area contributed by atoms with Crippen LogP contribution in [0.2, 0.25) is 0 Å². The Kier molecular flexibility index (Phi) is 5.06. The Bertz CT molecular complexity index is 790. The lowest BCUT2D eigenvalue weighted by molar-refractivity contribution is -0.113. The molecule has 1 aromatic heterocycles. The molecule has 0 radical (unpaired) electrons. The molecular formula is C19H21F2N3O2. The van der Waals surface area contributed by atoms with Gasteiger partial charge in [-0.25, -0.2) is 8.78 Å². The van der Waals surface area contributed by atoms with Crippen molar-refractivity contribution in [2.24, 2.45) is 5.92 Å². The molecule has 1 aliphatic rings. The highest BCUT2D eigenvalue weighted by Gasteiger charge is 2.47. The number of nitrogens with one attached hydrogen (secondary N) is 2. The summed E-state index contributed by atoms with van der Waals surface area (Å²) >= 11 is 0. The predicted molar refractivity (Wildman–Crippen MR) is 94.9 cm³/mol. The molecule has 1 aromatic carbocycles. The molecule has 1 aliphatic carbocycles. The SMILES string of the molecule is CNC(=O)c1cc(Oc2cccc(N[C@@H](C)C3CC(F)(F)C3)c2)ccn1. The molecule has 0 bridgehead atoms. The number of halogens is 2. The lowest BCUT2D eigenvalue weighted by atomic mass is 9.77. The van der Waals surface area contributed by atoms with E-state index >= 15 is 0 Å². The van der Waals surface area contributed by atoms with E-state index in [1.807, 2.05) is 19.1 Å². The Morgan fingerprint density at radius 1 is 1.27 bits per heavy atom. The molecule has 1 atom stereocenters. The van der Waals surface area contributed by atoms with Gasteiger partial charge in [0.25, 0.3) is 5.91 Å². The highest BCUT2D eigenvalue weighted by molar-refractivity contribution is 5.92. The van der Waals surface area contributed by atoms with E-state index in [-0.39, 0.29) is 36.4 Å². The molecule has 3 rings (SSSR count). The molecule has 0 aliphatic heterocycles. The van der Waals surface area contributed by atoms with E-state index in [1.54, 1.807) is 24.3 Å². The zero-order valence-electron chi connectivity index (χ0n) is 14.6. The summed E-state index contributed by atoms with van der Waals surface area (Å²) in [5.41, 5.74) is 1.06. The lowest BCUT2D eigenvalue weighted by Gasteiger charge is -2.39. The third kappa shape index (κ3) is 4.28. The van der Waals surface area contributed by atoms with Crippen molar-refractivity contribution in [3.63, 3.8) is 0 Å². The van der Waals surface area contributed by atoms with E-state index in [0.29, 0.717) is 11.5 Å². The maximum Gasteiger partial charge on any atom is 0.269 e. The Morgan fingerprint density at radius 2 is 2.00 bits per heavy atom. The largest absolute Gasteiger partial charge is 0.457 e. The zero-order chi connectivity index (χ0) is 18.7. The molecule has 1 saturated carbocycles. The molecular weight excluding hydrogens is 340 g/mol. The average molecular weight is 361 g/mol. The number of carbonyl (C=O) groups excluding carboxylic acids is 1. The number of hydrogen-bond donors (Lipinski definition) is 2. The molecule has 7 heteroatoms. The van der Waals surface area contributed by atoms with E-state index in [1.165, 1.54) is 13.2 Å². The first-order chi connectivity index (χ1) is 12.4. The molecule has 0 spiro atoms. The molecule has 2 aromatic rings. The second-order valence-corrected chi connectivity index (χ2v) is 6.54. The van der Waals surface area contributed by atoms with Crippen LogP contribution in [0.5, 0.6) is 11.5 Å². The molecule has 26 heavy (non-hydrogen) atoms. The molecule has 1 heterocycles. The van der Waals surface area contributed by atoms with Gasteiger partial charge in [0, 0.05) is 49.9 Å². The summed E-state index contributed by atoms with van der Waals surface area (Å²) in [4.78, 5) is 15.6. The standard InChI is InChI=1S/C19H21F2N3O2/c1-12(13-10-19(20,21)11-13)24-14-4-3-5-15(8-14)26-16-6-7-23-17(9-16)18(25)22-2/h3-9,12-13,24H,10-11H2,1-2H3,(H,22,25)/t12-/m0/s1. The van der Waals surface area contributed by atoms with Crippen molar-refractivity contribution in [2.45, 2.75) is 31.7 Å². The van der Waals surface area contributed by atoms with Gasteiger partial charge in [0.1, 0.15) is 17.2 Å². The van der Waals surface area contributed by atoms with E-state index in [0.717, 1.165) is 5.69 Å². The fourth-order valence-corrected chi connectivity index (χ4v) is 2.95. The molecule has 2 N–H and O–H groups in total. The summed E-state index contributed by atoms with van der Waals surface area (Å²) in [6.07, 6.45) is 1.36. The first kappa shape index (κ1) is 18.1. The van der Waals surface area contributed by atoms with Gasteiger partial charge in [-0.05, 0) is 31.0 Å². The van der Waals surface area contributed by atoms with Gasteiger partial charge >= 0.3 is 0 Å². The summed E-state index contributed by atoms with van der Waals surface area (Å²) in [6, 6.07) is 10.4. The van der Waals surface area contributed by atoms with Gasteiger partial charge in [-0.3, -0.25) is 9.78 Å². The fourth-order valence-electron chi connectivity index (χ4n) is 2.95. The lowest BCUT2D eigenvalue weighted by Crippen LogP contribution is -2.43. The fraction of sp³-hybridized carbons (Fsp3) is 0.368. The predicted octanol–water partition coefficient (Wildman–Crippen LogP) is 4.08. The summed E-state index contributed by atoms with van der Waals surface area (Å²) in [6.45, 7) is 1.91. The molecule has 0 unspecified atom stereocenters. The zero-order valence-corrected chi connectivity index (χ0v) is 14.6. The minimum Gasteiger partial charge on any atom is -0.457 e. The van der Waals surface area contributed by atoms with Crippen LogP contribution in [0.3, 0.4) is 0 Å². The van der Waals surface area contributed by atoms with E-state index < -0.39 is 5.92 Å². The Morgan fingerprint density at radius 3 is 2.69 bits per heavy atom. The maximum absolute atomic E-state index is 13.0. The second-order valence-electron chi connectivity index (χ2n) is 6.54. The van der Waals surface area contributed by atoms with E-state index in [2.05, 4.69) is 15.6 Å². The van der Waals surface area contributed by atoms with Gasteiger partial charge in [0.2, 0.25) is 5.92 Å². The number of ether oxygens (including phenoxy) is 1. The first-order valence-electron chi connectivity index (χ1n) is 8.47. The highest BCUT2D eigenvalue weighted by Crippen LogP contribution is 2.44. The summed E-state index contributed by atoms with van der Waals surface area (Å²) < 4.78 is 31.8. The number of alkyl halides is 2. The number of amides is 1. The van der Waals surface area contributed by atoms with Crippen molar-refractivity contribution in [2.75, 3.05) is 12.4 Å².